The average Bonchev–Trinajstić information content (AvgIpc) is 3.80. The van der Waals surface area contributed by atoms with Crippen molar-refractivity contribution in [3.8, 4) is 11.1 Å². The van der Waals surface area contributed by atoms with E-state index < -0.39 is 35.7 Å². The number of carbonyl (C=O) groups is 6. The number of hydrogen-bond acceptors (Lipinski definition) is 8. The summed E-state index contributed by atoms with van der Waals surface area (Å²) in [7, 11) is 0. The molecule has 2 aromatic carbocycles. The monoisotopic (exact) mass is 904 g/mol. The number of Topliss-reactive ketones (excluding diaryl/α,β-unsaturated/α-hetero) is 1. The highest BCUT2D eigenvalue weighted by Crippen LogP contribution is 2.41. The van der Waals surface area contributed by atoms with Gasteiger partial charge in [0.25, 0.3) is 11.8 Å². The van der Waals surface area contributed by atoms with Gasteiger partial charge in [-0.1, -0.05) is 56.0 Å². The molecule has 0 spiro atoms. The van der Waals surface area contributed by atoms with Crippen LogP contribution in [-0.2, 0) is 35.3 Å². The van der Waals surface area contributed by atoms with Gasteiger partial charge in [0.15, 0.2) is 0 Å². The van der Waals surface area contributed by atoms with Gasteiger partial charge in [-0.3, -0.25) is 28.9 Å². The molecule has 0 radical (unpaired) electrons. The molecule has 2 atom stereocenters. The number of ketones is 1. The van der Waals surface area contributed by atoms with E-state index in [1.54, 1.807) is 0 Å². The molecule has 2 heterocycles. The smallest absolute Gasteiger partial charge is 0.481 e. The van der Waals surface area contributed by atoms with Crippen molar-refractivity contribution in [1.82, 2.24) is 14.4 Å². The zero-order valence-corrected chi connectivity index (χ0v) is 35.6. The van der Waals surface area contributed by atoms with Gasteiger partial charge in [0.2, 0.25) is 5.91 Å². The Morgan fingerprint density at radius 2 is 1.56 bits per heavy atom. The number of nitrogens with two attached hydrogens (primary N) is 1. The number of halogens is 5. The van der Waals surface area contributed by atoms with Gasteiger partial charge in [-0.2, -0.15) is 24.9 Å². The number of aromatic nitrogens is 1. The average molecular weight is 905 g/mol. The summed E-state index contributed by atoms with van der Waals surface area (Å²) in [5, 5.41) is 17.1. The third-order valence-corrected chi connectivity index (χ3v) is 12.0. The van der Waals surface area contributed by atoms with Gasteiger partial charge in [-0.25, -0.2) is 13.6 Å². The first-order valence-electron chi connectivity index (χ1n) is 20.8. The summed E-state index contributed by atoms with van der Waals surface area (Å²) in [6.45, 7) is 1.45. The molecule has 1 saturated carbocycles. The zero-order chi connectivity index (χ0) is 46.1. The summed E-state index contributed by atoms with van der Waals surface area (Å²) in [5.74, 6) is -6.81. The number of rotatable bonds is 22. The third-order valence-electron chi connectivity index (χ3n) is 10.9. The van der Waals surface area contributed by atoms with E-state index in [1.165, 1.54) is 30.0 Å². The second kappa shape index (κ2) is 24.5. The van der Waals surface area contributed by atoms with Crippen LogP contribution in [0.25, 0.3) is 11.1 Å². The Kier molecular flexibility index (Phi) is 19.5. The van der Waals surface area contributed by atoms with Gasteiger partial charge in [0.05, 0.1) is 17.7 Å². The van der Waals surface area contributed by atoms with E-state index in [2.05, 4.69) is 0 Å². The number of aliphatic carboxylic acids is 2. The number of alkyl halides is 3. The van der Waals surface area contributed by atoms with Crippen molar-refractivity contribution in [3.63, 3.8) is 0 Å². The minimum Gasteiger partial charge on any atom is -0.481 e. The van der Waals surface area contributed by atoms with E-state index in [-0.39, 0.29) is 71.9 Å². The maximum Gasteiger partial charge on any atom is 0.490 e. The van der Waals surface area contributed by atoms with Crippen LogP contribution in [0.3, 0.4) is 0 Å². The van der Waals surface area contributed by atoms with Gasteiger partial charge in [0, 0.05) is 73.4 Å². The van der Waals surface area contributed by atoms with Crippen LogP contribution in [0.1, 0.15) is 87.9 Å². The van der Waals surface area contributed by atoms with Crippen LogP contribution in [0.2, 0.25) is 0 Å². The fourth-order valence-electron chi connectivity index (χ4n) is 7.73. The van der Waals surface area contributed by atoms with E-state index in [1.807, 2.05) is 52.1 Å². The molecular formula is C45H53F5N4O8S. The number of nitrogens with zero attached hydrogens (tertiary/aromatic N) is 3. The van der Waals surface area contributed by atoms with Gasteiger partial charge in [0.1, 0.15) is 17.4 Å². The Labute approximate surface area is 366 Å². The quantitative estimate of drug-likeness (QED) is 0.0512. The summed E-state index contributed by atoms with van der Waals surface area (Å²) < 4.78 is 63.4. The predicted molar refractivity (Wildman–Crippen MR) is 226 cm³/mol. The van der Waals surface area contributed by atoms with E-state index in [0.717, 1.165) is 60.4 Å². The Morgan fingerprint density at radius 1 is 0.889 bits per heavy atom. The van der Waals surface area contributed by atoms with Gasteiger partial charge < -0.3 is 25.4 Å². The van der Waals surface area contributed by atoms with Gasteiger partial charge in [-0.15, -0.1) is 0 Å². The number of hydrogen-bond donors (Lipinski definition) is 3. The highest BCUT2D eigenvalue weighted by atomic mass is 32.2. The number of amides is 3. The predicted octanol–water partition coefficient (Wildman–Crippen LogP) is 7.79. The largest absolute Gasteiger partial charge is 0.490 e. The fourth-order valence-corrected chi connectivity index (χ4v) is 8.74. The van der Waals surface area contributed by atoms with Crippen molar-refractivity contribution in [2.24, 2.45) is 17.6 Å². The van der Waals surface area contributed by atoms with E-state index >= 15 is 4.39 Å². The van der Waals surface area contributed by atoms with Crippen molar-refractivity contribution in [3.05, 3.63) is 95.8 Å². The number of unbranched alkanes of at least 4 members (excludes halogenated alkanes) is 2. The SMILES string of the molecule is NCCCN(C(=O)CSC[C@H](CC(=O)CCCCCN1C(=O)C=CC1=O)C(=O)O)[C@@H](c1cc(-c2cc(F)ccc2F)cn1Cc1ccccc1)C1CCCCC1.O=C(O)C(F)(F)F. The lowest BCUT2D eigenvalue weighted by Gasteiger charge is -2.39. The summed E-state index contributed by atoms with van der Waals surface area (Å²) >= 11 is 1.19. The molecule has 1 aliphatic heterocycles. The van der Waals surface area contributed by atoms with Crippen molar-refractivity contribution < 1.29 is 60.9 Å². The number of carboxylic acid groups (broad SMARTS) is 2. The Bertz CT molecular complexity index is 2060. The van der Waals surface area contributed by atoms with Crippen LogP contribution in [0.4, 0.5) is 22.0 Å². The second-order valence-electron chi connectivity index (χ2n) is 15.5. The topological polar surface area (TPSA) is 180 Å². The van der Waals surface area contributed by atoms with Crippen molar-refractivity contribution >= 4 is 47.2 Å². The molecule has 18 heteroatoms. The van der Waals surface area contributed by atoms with Gasteiger partial charge >= 0.3 is 18.1 Å². The second-order valence-corrected chi connectivity index (χ2v) is 16.6. The van der Waals surface area contributed by atoms with Crippen molar-refractivity contribution in [2.45, 2.75) is 89.4 Å². The van der Waals surface area contributed by atoms with Crippen molar-refractivity contribution in [2.75, 3.05) is 31.1 Å². The lowest BCUT2D eigenvalue weighted by Crippen LogP contribution is -2.42. The Balaban J connectivity index is 0.00000115. The third kappa shape index (κ3) is 15.4. The summed E-state index contributed by atoms with van der Waals surface area (Å²) in [5.41, 5.74) is 8.47. The molecule has 1 aromatic heterocycles. The highest BCUT2D eigenvalue weighted by molar-refractivity contribution is 7.99. The van der Waals surface area contributed by atoms with Crippen LogP contribution >= 0.6 is 11.8 Å². The molecule has 3 aromatic rings. The number of benzene rings is 2. The minimum absolute atomic E-state index is 0.000660. The fraction of sp³-hybridized carbons (Fsp3) is 0.467. The van der Waals surface area contributed by atoms with Crippen LogP contribution in [0.5, 0.6) is 0 Å². The number of carboxylic acids is 2. The Morgan fingerprint density at radius 3 is 2.17 bits per heavy atom. The molecule has 1 aliphatic carbocycles. The molecule has 63 heavy (non-hydrogen) atoms. The zero-order valence-electron chi connectivity index (χ0n) is 34.7. The number of carbonyl (C=O) groups excluding carboxylic acids is 4. The lowest BCUT2D eigenvalue weighted by atomic mass is 9.81. The summed E-state index contributed by atoms with van der Waals surface area (Å²) in [6, 6.07) is 14.7. The maximum atomic E-state index is 15.2. The molecule has 0 bridgehead atoms. The molecule has 4 N–H and O–H groups in total. The molecule has 0 unspecified atom stereocenters. The van der Waals surface area contributed by atoms with Crippen LogP contribution in [0.15, 0.2) is 72.9 Å². The first-order valence-corrected chi connectivity index (χ1v) is 22.0. The van der Waals surface area contributed by atoms with Crippen LogP contribution < -0.4 is 5.73 Å². The molecule has 3 amide bonds. The summed E-state index contributed by atoms with van der Waals surface area (Å²) in [4.78, 5) is 74.7. The van der Waals surface area contributed by atoms with Crippen LogP contribution in [-0.4, -0.2) is 97.3 Å². The maximum absolute atomic E-state index is 15.2. The first kappa shape index (κ1) is 50.3. The van der Waals surface area contributed by atoms with Crippen molar-refractivity contribution in [1.29, 1.82) is 0 Å². The minimum atomic E-state index is -5.08. The van der Waals surface area contributed by atoms with Gasteiger partial charge in [-0.05, 0) is 74.4 Å². The molecule has 0 saturated heterocycles. The molecular weight excluding hydrogens is 852 g/mol. The van der Waals surface area contributed by atoms with Crippen LogP contribution in [0, 0.1) is 23.5 Å². The number of imide groups is 1. The molecule has 5 rings (SSSR count). The molecule has 342 valence electrons. The highest BCUT2D eigenvalue weighted by Gasteiger charge is 2.38. The Hall–Kier alpha value is -5.36. The normalized spacial score (nSPS) is 15.2. The molecule has 12 nitrogen and oxygen atoms in total. The van der Waals surface area contributed by atoms with E-state index in [9.17, 15) is 46.6 Å². The number of thioether (sulfide) groups is 1. The first-order chi connectivity index (χ1) is 30.0. The lowest BCUT2D eigenvalue weighted by molar-refractivity contribution is -0.192. The van der Waals surface area contributed by atoms with E-state index in [4.69, 9.17) is 15.6 Å². The van der Waals surface area contributed by atoms with E-state index in [0.29, 0.717) is 50.9 Å². The molecule has 1 fully saturated rings. The molecule has 2 aliphatic rings. The standard InChI is InChI=1S/C43H52F2N4O6S.C2HF3O2/c44-34-16-17-37(45)36(25-34)32-24-38(47(27-32)26-30-11-4-1-5-12-30)42(31-13-6-2-7-14-31)49(22-10-20-46)41(53)29-56-28-33(43(54)55)23-35(50)15-8-3-9-21-48-39(51)18-19-40(48)52;3-2(4,5)1(6)7/h1,4-5,11-12,16-19,24-25,27,31,33,42H,2-3,6-10,13-15,20-23,26,28-29,46H2,(H,54,55);(H,6,7)/t33-,42+;/m0./s1. The summed E-state index contributed by atoms with van der Waals surface area (Å²) in [6.07, 6.45) is 6.33.